The van der Waals surface area contributed by atoms with Crippen molar-refractivity contribution in [2.24, 2.45) is 28.6 Å². The third kappa shape index (κ3) is 4.57. The fourth-order valence-corrected chi connectivity index (χ4v) is 10.9. The van der Waals surface area contributed by atoms with Gasteiger partial charge in [0.25, 0.3) is 0 Å². The van der Waals surface area contributed by atoms with Crippen LogP contribution in [0.5, 0.6) is 0 Å². The molecule has 1 aromatic rings. The highest BCUT2D eigenvalue weighted by Crippen LogP contribution is 2.70. The first-order valence-corrected chi connectivity index (χ1v) is 17.0. The van der Waals surface area contributed by atoms with Gasteiger partial charge in [0.2, 0.25) is 0 Å². The second kappa shape index (κ2) is 11.2. The molecule has 1 aromatic heterocycles. The van der Waals surface area contributed by atoms with E-state index in [4.69, 9.17) is 13.9 Å². The zero-order chi connectivity index (χ0) is 27.2. The molecule has 7 rings (SSSR count). The van der Waals surface area contributed by atoms with Gasteiger partial charge >= 0.3 is 0 Å². The standard InChI is InChI=1S/C35H54N2O3/c1-33-16-13-32-29(31(33)12-11-30(33)27-14-23-38-26-27)10-9-28-8-7-15-35(34(28,32)2,39-24-21-36-17-3-4-18-36)40-25-22-37-19-5-6-20-37/h9,14,23,26,29-32H,3-8,10-13,15-22,24-25H2,1-2H3/t29-,30+,31-,32-,33+,34-/m0/s1. The van der Waals surface area contributed by atoms with Crippen LogP contribution in [0.2, 0.25) is 0 Å². The van der Waals surface area contributed by atoms with Crippen LogP contribution in [0.4, 0.5) is 0 Å². The number of nitrogens with zero attached hydrogens (tertiary/aromatic N) is 2. The van der Waals surface area contributed by atoms with Gasteiger partial charge in [0.15, 0.2) is 5.79 Å². The van der Waals surface area contributed by atoms with Crippen molar-refractivity contribution in [3.63, 3.8) is 0 Å². The predicted octanol–water partition coefficient (Wildman–Crippen LogP) is 7.25. The van der Waals surface area contributed by atoms with Crippen LogP contribution < -0.4 is 0 Å². The van der Waals surface area contributed by atoms with E-state index in [9.17, 15) is 0 Å². The van der Waals surface area contributed by atoms with Crippen molar-refractivity contribution in [3.05, 3.63) is 35.8 Å². The topological polar surface area (TPSA) is 38.1 Å². The monoisotopic (exact) mass is 550 g/mol. The summed E-state index contributed by atoms with van der Waals surface area (Å²) >= 11 is 0. The van der Waals surface area contributed by atoms with E-state index in [0.29, 0.717) is 17.3 Å². The molecule has 0 spiro atoms. The minimum atomic E-state index is -0.490. The lowest BCUT2D eigenvalue weighted by Gasteiger charge is -2.63. The van der Waals surface area contributed by atoms with Crippen LogP contribution in [0.3, 0.4) is 0 Å². The molecular weight excluding hydrogens is 496 g/mol. The zero-order valence-corrected chi connectivity index (χ0v) is 25.4. The molecule has 6 aliphatic rings. The van der Waals surface area contributed by atoms with E-state index >= 15 is 0 Å². The van der Waals surface area contributed by atoms with Gasteiger partial charge in [-0.25, -0.2) is 0 Å². The molecule has 5 nitrogen and oxygen atoms in total. The Morgan fingerprint density at radius 3 is 2.20 bits per heavy atom. The maximum absolute atomic E-state index is 7.20. The van der Waals surface area contributed by atoms with Gasteiger partial charge < -0.3 is 23.7 Å². The van der Waals surface area contributed by atoms with Gasteiger partial charge in [0.05, 0.1) is 25.7 Å². The number of furan rings is 1. The van der Waals surface area contributed by atoms with E-state index in [1.165, 1.54) is 102 Å². The van der Waals surface area contributed by atoms with Crippen LogP contribution in [0.1, 0.15) is 102 Å². The lowest BCUT2D eigenvalue weighted by Crippen LogP contribution is -2.62. The highest BCUT2D eigenvalue weighted by atomic mass is 16.7. The lowest BCUT2D eigenvalue weighted by molar-refractivity contribution is -0.319. The van der Waals surface area contributed by atoms with Crippen LogP contribution in [0, 0.1) is 28.6 Å². The molecule has 3 saturated carbocycles. The van der Waals surface area contributed by atoms with Crippen molar-refractivity contribution in [1.82, 2.24) is 9.80 Å². The summed E-state index contributed by atoms with van der Waals surface area (Å²) in [4.78, 5) is 5.20. The normalized spacial score (nSPS) is 39.6. The van der Waals surface area contributed by atoms with Crippen LogP contribution in [-0.4, -0.2) is 68.1 Å². The molecule has 0 bridgehead atoms. The van der Waals surface area contributed by atoms with Crippen LogP contribution in [0.15, 0.2) is 34.7 Å². The van der Waals surface area contributed by atoms with Crippen molar-refractivity contribution in [2.45, 2.75) is 103 Å². The van der Waals surface area contributed by atoms with Gasteiger partial charge in [-0.1, -0.05) is 25.5 Å². The molecule has 2 aliphatic heterocycles. The highest BCUT2D eigenvalue weighted by molar-refractivity contribution is 5.30. The summed E-state index contributed by atoms with van der Waals surface area (Å²) in [5.41, 5.74) is 3.44. The number of rotatable bonds is 9. The number of ether oxygens (including phenoxy) is 2. The third-order valence-corrected chi connectivity index (χ3v) is 13.1. The number of hydrogen-bond acceptors (Lipinski definition) is 5. The zero-order valence-electron chi connectivity index (χ0n) is 25.4. The Morgan fingerprint density at radius 2 is 1.55 bits per heavy atom. The molecule has 0 N–H and O–H groups in total. The average Bonchev–Trinajstić information content (AvgIpc) is 3.77. The van der Waals surface area contributed by atoms with Gasteiger partial charge in [-0.05, 0) is 138 Å². The summed E-state index contributed by atoms with van der Waals surface area (Å²) in [6, 6.07) is 2.24. The van der Waals surface area contributed by atoms with Crippen molar-refractivity contribution >= 4 is 0 Å². The molecule has 3 heterocycles. The quantitative estimate of drug-likeness (QED) is 0.239. The number of fused-ring (bicyclic) bond motifs is 5. The first-order chi connectivity index (χ1) is 19.5. The molecule has 40 heavy (non-hydrogen) atoms. The summed E-state index contributed by atoms with van der Waals surface area (Å²) in [5.74, 6) is 2.30. The Hall–Kier alpha value is -1.14. The highest BCUT2D eigenvalue weighted by Gasteiger charge is 2.65. The minimum absolute atomic E-state index is 0.0285. The molecule has 222 valence electrons. The number of allylic oxidation sites excluding steroid dienone is 1. The van der Waals surface area contributed by atoms with Gasteiger partial charge in [-0.2, -0.15) is 0 Å². The van der Waals surface area contributed by atoms with E-state index in [1.807, 2.05) is 12.5 Å². The van der Waals surface area contributed by atoms with Crippen molar-refractivity contribution in [1.29, 1.82) is 0 Å². The molecule has 6 atom stereocenters. The third-order valence-electron chi connectivity index (χ3n) is 13.1. The van der Waals surface area contributed by atoms with Crippen LogP contribution in [-0.2, 0) is 9.47 Å². The first-order valence-electron chi connectivity index (χ1n) is 17.0. The predicted molar refractivity (Wildman–Crippen MR) is 159 cm³/mol. The van der Waals surface area contributed by atoms with Gasteiger partial charge in [-0.3, -0.25) is 0 Å². The second-order valence-electron chi connectivity index (χ2n) is 14.7. The first kappa shape index (κ1) is 27.7. The fraction of sp³-hybridized carbons (Fsp3) is 0.829. The van der Waals surface area contributed by atoms with Crippen molar-refractivity contribution in [3.8, 4) is 0 Å². The van der Waals surface area contributed by atoms with Crippen molar-refractivity contribution in [2.75, 3.05) is 52.5 Å². The van der Waals surface area contributed by atoms with E-state index in [2.05, 4.69) is 35.8 Å². The molecule has 5 fully saturated rings. The van der Waals surface area contributed by atoms with E-state index in [1.54, 1.807) is 5.57 Å². The molecule has 0 amide bonds. The minimum Gasteiger partial charge on any atom is -0.472 e. The molecule has 0 unspecified atom stereocenters. The summed E-state index contributed by atoms with van der Waals surface area (Å²) in [7, 11) is 0. The lowest BCUT2D eigenvalue weighted by atomic mass is 9.46. The summed E-state index contributed by atoms with van der Waals surface area (Å²) in [5, 5.41) is 0. The van der Waals surface area contributed by atoms with Gasteiger partial charge in [0.1, 0.15) is 0 Å². The fourth-order valence-electron chi connectivity index (χ4n) is 10.9. The van der Waals surface area contributed by atoms with Gasteiger partial charge in [-0.15, -0.1) is 0 Å². The maximum Gasteiger partial charge on any atom is 0.177 e. The maximum atomic E-state index is 7.20. The van der Waals surface area contributed by atoms with E-state index in [-0.39, 0.29) is 5.41 Å². The van der Waals surface area contributed by atoms with Gasteiger partial charge in [0, 0.05) is 24.9 Å². The number of hydrogen-bond donors (Lipinski definition) is 0. The summed E-state index contributed by atoms with van der Waals surface area (Å²) < 4.78 is 20.0. The Kier molecular flexibility index (Phi) is 7.73. The molecule has 4 aliphatic carbocycles. The SMILES string of the molecule is C[C@]12CC[C@H]3[C@@H](CC=C4CCCC(OCCN5CCCC5)(OCCN5CCCC5)[C@@]43C)[C@@H]1CC[C@@H]2c1ccoc1. The summed E-state index contributed by atoms with van der Waals surface area (Å²) in [6.45, 7) is 13.8. The van der Waals surface area contributed by atoms with Crippen LogP contribution >= 0.6 is 0 Å². The molecule has 0 aromatic carbocycles. The molecule has 5 heteroatoms. The second-order valence-corrected chi connectivity index (χ2v) is 14.7. The Balaban J connectivity index is 1.16. The van der Waals surface area contributed by atoms with E-state index in [0.717, 1.165) is 44.6 Å². The molecular formula is C35H54N2O3. The van der Waals surface area contributed by atoms with Crippen LogP contribution in [0.25, 0.3) is 0 Å². The smallest absolute Gasteiger partial charge is 0.177 e. The largest absolute Gasteiger partial charge is 0.472 e. The summed E-state index contributed by atoms with van der Waals surface area (Å²) in [6.07, 6.45) is 21.9. The molecule has 0 radical (unpaired) electrons. The van der Waals surface area contributed by atoms with E-state index < -0.39 is 5.79 Å². The Labute approximate surface area is 243 Å². The molecule has 2 saturated heterocycles. The van der Waals surface area contributed by atoms with Crippen molar-refractivity contribution < 1.29 is 13.9 Å². The number of likely N-dealkylation sites (tertiary alicyclic amines) is 2. The Bertz CT molecular complexity index is 1000. The Morgan fingerprint density at radius 1 is 0.850 bits per heavy atom. The average molecular weight is 551 g/mol.